The van der Waals surface area contributed by atoms with E-state index in [1.54, 1.807) is 11.8 Å². The van der Waals surface area contributed by atoms with E-state index in [1.807, 2.05) is 24.3 Å². The fraction of sp³-hybridized carbons (Fsp3) is 0.500. The van der Waals surface area contributed by atoms with Crippen LogP contribution in [0.4, 0.5) is 0 Å². The molecule has 0 aliphatic carbocycles. The van der Waals surface area contributed by atoms with Gasteiger partial charge in [0.1, 0.15) is 0 Å². The van der Waals surface area contributed by atoms with Crippen molar-refractivity contribution < 1.29 is 9.53 Å². The van der Waals surface area contributed by atoms with Crippen molar-refractivity contribution in [2.45, 2.75) is 11.8 Å². The Bertz CT molecular complexity index is 385. The smallest absolute Gasteiger partial charge is 0.176 e. The summed E-state index contributed by atoms with van der Waals surface area (Å²) in [5.74, 6) is 1.26. The molecular weight excluding hydrogens is 246 g/mol. The van der Waals surface area contributed by atoms with Gasteiger partial charge in [0.2, 0.25) is 0 Å². The van der Waals surface area contributed by atoms with Crippen LogP contribution >= 0.6 is 11.8 Å². The number of ketones is 1. The Hall–Kier alpha value is -0.840. The predicted octanol–water partition coefficient (Wildman–Crippen LogP) is 2.31. The van der Waals surface area contributed by atoms with Crippen LogP contribution in [-0.2, 0) is 4.74 Å². The van der Waals surface area contributed by atoms with Crippen molar-refractivity contribution in [3.63, 3.8) is 0 Å². The SMILES string of the molecule is CCSc1ccc(C(=O)CN2CCOCC2)cc1. The second kappa shape index (κ2) is 6.92. The van der Waals surface area contributed by atoms with Crippen LogP contribution in [-0.4, -0.2) is 49.3 Å². The maximum Gasteiger partial charge on any atom is 0.176 e. The van der Waals surface area contributed by atoms with Gasteiger partial charge in [0.15, 0.2) is 5.78 Å². The van der Waals surface area contributed by atoms with Crippen LogP contribution in [0, 0.1) is 0 Å². The summed E-state index contributed by atoms with van der Waals surface area (Å²) in [7, 11) is 0. The molecule has 0 atom stereocenters. The number of nitrogens with zero attached hydrogens (tertiary/aromatic N) is 1. The van der Waals surface area contributed by atoms with Crippen LogP contribution in [0.3, 0.4) is 0 Å². The Balaban J connectivity index is 1.91. The second-order valence-electron chi connectivity index (χ2n) is 4.27. The minimum atomic E-state index is 0.199. The topological polar surface area (TPSA) is 29.5 Å². The molecule has 0 bridgehead atoms. The fourth-order valence-corrected chi connectivity index (χ4v) is 2.62. The average Bonchev–Trinajstić information content (AvgIpc) is 2.41. The fourth-order valence-electron chi connectivity index (χ4n) is 1.96. The van der Waals surface area contributed by atoms with Gasteiger partial charge in [-0.3, -0.25) is 9.69 Å². The van der Waals surface area contributed by atoms with E-state index >= 15 is 0 Å². The van der Waals surface area contributed by atoms with E-state index in [0.717, 1.165) is 37.6 Å². The van der Waals surface area contributed by atoms with Crippen molar-refractivity contribution in [3.8, 4) is 0 Å². The molecule has 3 nitrogen and oxygen atoms in total. The summed E-state index contributed by atoms with van der Waals surface area (Å²) in [6, 6.07) is 7.92. The molecule has 18 heavy (non-hydrogen) atoms. The lowest BCUT2D eigenvalue weighted by atomic mass is 10.1. The molecule has 1 fully saturated rings. The minimum Gasteiger partial charge on any atom is -0.379 e. The summed E-state index contributed by atoms with van der Waals surface area (Å²) in [4.78, 5) is 15.5. The highest BCUT2D eigenvalue weighted by Crippen LogP contribution is 2.18. The molecule has 0 unspecified atom stereocenters. The van der Waals surface area contributed by atoms with Crippen LogP contribution in [0.15, 0.2) is 29.2 Å². The number of Topliss-reactive ketones (excluding diaryl/α,β-unsaturated/α-hetero) is 1. The number of hydrogen-bond donors (Lipinski definition) is 0. The predicted molar refractivity (Wildman–Crippen MR) is 74.4 cm³/mol. The van der Waals surface area contributed by atoms with Crippen LogP contribution in [0.2, 0.25) is 0 Å². The molecule has 1 aliphatic rings. The third-order valence-corrected chi connectivity index (χ3v) is 3.85. The molecule has 1 saturated heterocycles. The molecule has 2 rings (SSSR count). The molecule has 98 valence electrons. The van der Waals surface area contributed by atoms with Crippen LogP contribution in [0.5, 0.6) is 0 Å². The number of carbonyl (C=O) groups is 1. The maximum absolute atomic E-state index is 12.1. The highest BCUT2D eigenvalue weighted by Gasteiger charge is 2.15. The largest absolute Gasteiger partial charge is 0.379 e. The first-order chi connectivity index (χ1) is 8.79. The monoisotopic (exact) mass is 265 g/mol. The van der Waals surface area contributed by atoms with Gasteiger partial charge in [0.25, 0.3) is 0 Å². The van der Waals surface area contributed by atoms with E-state index in [4.69, 9.17) is 4.74 Å². The molecule has 0 radical (unpaired) electrons. The van der Waals surface area contributed by atoms with Gasteiger partial charge in [-0.05, 0) is 17.9 Å². The van der Waals surface area contributed by atoms with Gasteiger partial charge in [0, 0.05) is 23.5 Å². The van der Waals surface area contributed by atoms with Crippen LogP contribution in [0.1, 0.15) is 17.3 Å². The van der Waals surface area contributed by atoms with Gasteiger partial charge < -0.3 is 4.74 Å². The van der Waals surface area contributed by atoms with Crippen molar-refractivity contribution in [1.29, 1.82) is 0 Å². The zero-order valence-corrected chi connectivity index (χ0v) is 11.5. The number of benzene rings is 1. The van der Waals surface area contributed by atoms with Crippen LogP contribution in [0.25, 0.3) is 0 Å². The maximum atomic E-state index is 12.1. The Morgan fingerprint density at radius 1 is 1.28 bits per heavy atom. The first-order valence-electron chi connectivity index (χ1n) is 6.35. The van der Waals surface area contributed by atoms with Crippen molar-refractivity contribution >= 4 is 17.5 Å². The lowest BCUT2D eigenvalue weighted by Gasteiger charge is -2.25. The third kappa shape index (κ3) is 3.83. The molecular formula is C14H19NO2S. The zero-order chi connectivity index (χ0) is 12.8. The quantitative estimate of drug-likeness (QED) is 0.603. The Morgan fingerprint density at radius 3 is 2.56 bits per heavy atom. The van der Waals surface area contributed by atoms with Crippen molar-refractivity contribution in [3.05, 3.63) is 29.8 Å². The Kier molecular flexibility index (Phi) is 5.23. The summed E-state index contributed by atoms with van der Waals surface area (Å²) in [6.07, 6.45) is 0. The van der Waals surface area contributed by atoms with E-state index in [-0.39, 0.29) is 5.78 Å². The van der Waals surface area contributed by atoms with E-state index in [0.29, 0.717) is 6.54 Å². The number of rotatable bonds is 5. The van der Waals surface area contributed by atoms with E-state index in [9.17, 15) is 4.79 Å². The lowest BCUT2D eigenvalue weighted by molar-refractivity contribution is 0.0371. The molecule has 0 saturated carbocycles. The summed E-state index contributed by atoms with van der Waals surface area (Å²) in [5, 5.41) is 0. The summed E-state index contributed by atoms with van der Waals surface area (Å²) >= 11 is 1.79. The highest BCUT2D eigenvalue weighted by molar-refractivity contribution is 7.99. The Morgan fingerprint density at radius 2 is 1.94 bits per heavy atom. The number of ether oxygens (including phenoxy) is 1. The first-order valence-corrected chi connectivity index (χ1v) is 7.34. The average molecular weight is 265 g/mol. The molecule has 0 N–H and O–H groups in total. The molecule has 1 heterocycles. The Labute approximate surface area is 113 Å². The number of hydrogen-bond acceptors (Lipinski definition) is 4. The molecule has 1 aromatic carbocycles. The molecule has 1 aromatic rings. The van der Waals surface area contributed by atoms with Crippen molar-refractivity contribution in [1.82, 2.24) is 4.90 Å². The zero-order valence-electron chi connectivity index (χ0n) is 10.7. The van der Waals surface area contributed by atoms with E-state index in [2.05, 4.69) is 11.8 Å². The summed E-state index contributed by atoms with van der Waals surface area (Å²) in [5.41, 5.74) is 0.807. The van der Waals surface area contributed by atoms with E-state index in [1.165, 1.54) is 4.90 Å². The van der Waals surface area contributed by atoms with Crippen LogP contribution < -0.4 is 0 Å². The number of carbonyl (C=O) groups excluding carboxylic acids is 1. The summed E-state index contributed by atoms with van der Waals surface area (Å²) < 4.78 is 5.27. The van der Waals surface area contributed by atoms with E-state index < -0.39 is 0 Å². The van der Waals surface area contributed by atoms with Gasteiger partial charge in [0.05, 0.1) is 19.8 Å². The molecule has 4 heteroatoms. The third-order valence-electron chi connectivity index (χ3n) is 2.96. The van der Waals surface area contributed by atoms with Crippen molar-refractivity contribution in [2.75, 3.05) is 38.6 Å². The normalized spacial score (nSPS) is 16.7. The van der Waals surface area contributed by atoms with Gasteiger partial charge in [-0.1, -0.05) is 19.1 Å². The molecule has 1 aliphatic heterocycles. The highest BCUT2D eigenvalue weighted by atomic mass is 32.2. The lowest BCUT2D eigenvalue weighted by Crippen LogP contribution is -2.39. The van der Waals surface area contributed by atoms with Gasteiger partial charge >= 0.3 is 0 Å². The molecule has 0 amide bonds. The van der Waals surface area contributed by atoms with Crippen molar-refractivity contribution in [2.24, 2.45) is 0 Å². The van der Waals surface area contributed by atoms with Gasteiger partial charge in [-0.2, -0.15) is 0 Å². The minimum absolute atomic E-state index is 0.199. The molecule has 0 spiro atoms. The first kappa shape index (κ1) is 13.6. The standard InChI is InChI=1S/C14H19NO2S/c1-2-18-13-5-3-12(4-6-13)14(16)11-15-7-9-17-10-8-15/h3-6H,2,7-11H2,1H3. The number of morpholine rings is 1. The van der Waals surface area contributed by atoms with Gasteiger partial charge in [-0.25, -0.2) is 0 Å². The number of thioether (sulfide) groups is 1. The molecule has 0 aromatic heterocycles. The van der Waals surface area contributed by atoms with Gasteiger partial charge in [-0.15, -0.1) is 11.8 Å². The second-order valence-corrected chi connectivity index (χ2v) is 5.61. The summed E-state index contributed by atoms with van der Waals surface area (Å²) in [6.45, 7) is 5.82.